The van der Waals surface area contributed by atoms with Gasteiger partial charge in [0.1, 0.15) is 0 Å². The minimum absolute atomic E-state index is 0.130. The second-order valence-electron chi connectivity index (χ2n) is 6.23. The molecule has 1 aliphatic heterocycles. The van der Waals surface area contributed by atoms with Gasteiger partial charge in [0.2, 0.25) is 5.91 Å². The van der Waals surface area contributed by atoms with E-state index in [1.165, 1.54) is 11.1 Å². The number of nitrogens with two attached hydrogens (primary N) is 1. The third kappa shape index (κ3) is 3.10. The van der Waals surface area contributed by atoms with Gasteiger partial charge in [-0.3, -0.25) is 4.79 Å². The van der Waals surface area contributed by atoms with Crippen molar-refractivity contribution in [2.24, 2.45) is 17.6 Å². The van der Waals surface area contributed by atoms with Crippen LogP contribution in [0.4, 0.5) is 0 Å². The summed E-state index contributed by atoms with van der Waals surface area (Å²) in [5, 5.41) is 0. The molecule has 0 aromatic heterocycles. The number of hydrogen-bond acceptors (Lipinski definition) is 2. The smallest absolute Gasteiger partial charge is 0.226 e. The molecule has 3 nitrogen and oxygen atoms in total. The van der Waals surface area contributed by atoms with Gasteiger partial charge in [-0.2, -0.15) is 0 Å². The van der Waals surface area contributed by atoms with Crippen LogP contribution in [-0.2, 0) is 17.6 Å². The lowest BCUT2D eigenvalue weighted by Gasteiger charge is -2.35. The second kappa shape index (κ2) is 6.14. The zero-order valence-corrected chi connectivity index (χ0v) is 13.1. The van der Waals surface area contributed by atoms with Crippen molar-refractivity contribution in [2.45, 2.75) is 32.1 Å². The van der Waals surface area contributed by atoms with Crippen molar-refractivity contribution in [3.63, 3.8) is 0 Å². The summed E-state index contributed by atoms with van der Waals surface area (Å²) in [4.78, 5) is 15.3. The molecule has 1 amide bonds. The number of aryl methyl sites for hydroxylation is 1. The van der Waals surface area contributed by atoms with Crippen LogP contribution in [0.1, 0.15) is 30.4 Å². The van der Waals surface area contributed by atoms with Crippen molar-refractivity contribution >= 4 is 23.1 Å². The summed E-state index contributed by atoms with van der Waals surface area (Å²) < 4.78 is 0. The second-order valence-corrected chi connectivity index (χ2v) is 6.71. The van der Waals surface area contributed by atoms with Crippen molar-refractivity contribution < 1.29 is 4.79 Å². The van der Waals surface area contributed by atoms with Crippen LogP contribution in [0.5, 0.6) is 0 Å². The largest absolute Gasteiger partial charge is 0.393 e. The van der Waals surface area contributed by atoms with E-state index < -0.39 is 0 Å². The molecule has 21 heavy (non-hydrogen) atoms. The SMILES string of the molecule is NC(=S)C1CCCN(C(=O)C2CCc3ccccc3C2)C1. The fraction of sp³-hybridized carbons (Fsp3) is 0.529. The Hall–Kier alpha value is -1.42. The van der Waals surface area contributed by atoms with E-state index in [2.05, 4.69) is 24.3 Å². The van der Waals surface area contributed by atoms with E-state index in [-0.39, 0.29) is 11.8 Å². The van der Waals surface area contributed by atoms with E-state index in [0.29, 0.717) is 17.4 Å². The molecular formula is C17H22N2OS. The van der Waals surface area contributed by atoms with Crippen LogP contribution in [0.25, 0.3) is 0 Å². The Morgan fingerprint density at radius 2 is 1.95 bits per heavy atom. The first-order valence-corrected chi connectivity index (χ1v) is 8.21. The van der Waals surface area contributed by atoms with Gasteiger partial charge in [-0.1, -0.05) is 36.5 Å². The van der Waals surface area contributed by atoms with Crippen LogP contribution in [0.3, 0.4) is 0 Å². The van der Waals surface area contributed by atoms with E-state index in [1.54, 1.807) is 0 Å². The molecule has 0 spiro atoms. The Bertz CT molecular complexity index is 557. The van der Waals surface area contributed by atoms with Gasteiger partial charge in [-0.15, -0.1) is 0 Å². The highest BCUT2D eigenvalue weighted by Gasteiger charge is 2.31. The number of hydrogen-bond donors (Lipinski definition) is 1. The third-order valence-corrected chi connectivity index (χ3v) is 5.16. The Labute approximate surface area is 131 Å². The molecule has 1 heterocycles. The molecule has 0 bridgehead atoms. The van der Waals surface area contributed by atoms with Crippen molar-refractivity contribution in [3.8, 4) is 0 Å². The Morgan fingerprint density at radius 1 is 1.19 bits per heavy atom. The maximum absolute atomic E-state index is 12.8. The first-order chi connectivity index (χ1) is 10.1. The number of fused-ring (bicyclic) bond motifs is 1. The lowest BCUT2D eigenvalue weighted by atomic mass is 9.82. The first kappa shape index (κ1) is 14.5. The highest BCUT2D eigenvalue weighted by atomic mass is 32.1. The standard InChI is InChI=1S/C17H22N2OS/c18-16(21)15-6-3-9-19(11-15)17(20)14-8-7-12-4-1-2-5-13(12)10-14/h1-2,4-5,14-15H,3,6-11H2,(H2,18,21). The molecule has 1 fully saturated rings. The normalized spacial score (nSPS) is 25.2. The van der Waals surface area contributed by atoms with Gasteiger partial charge in [0.25, 0.3) is 0 Å². The average Bonchev–Trinajstić information content (AvgIpc) is 2.53. The number of piperidine rings is 1. The maximum atomic E-state index is 12.8. The van der Waals surface area contributed by atoms with Crippen LogP contribution in [0, 0.1) is 11.8 Å². The summed E-state index contributed by atoms with van der Waals surface area (Å²) >= 11 is 5.10. The van der Waals surface area contributed by atoms with Crippen molar-refractivity contribution in [1.29, 1.82) is 0 Å². The zero-order chi connectivity index (χ0) is 14.8. The molecule has 1 aromatic carbocycles. The molecule has 1 aromatic rings. The average molecular weight is 302 g/mol. The zero-order valence-electron chi connectivity index (χ0n) is 12.3. The lowest BCUT2D eigenvalue weighted by Crippen LogP contribution is -2.46. The molecule has 1 saturated heterocycles. The quantitative estimate of drug-likeness (QED) is 0.853. The summed E-state index contributed by atoms with van der Waals surface area (Å²) in [6.45, 7) is 1.57. The summed E-state index contributed by atoms with van der Waals surface area (Å²) in [5.74, 6) is 0.629. The minimum atomic E-state index is 0.130. The number of carbonyl (C=O) groups excluding carboxylic acids is 1. The highest BCUT2D eigenvalue weighted by molar-refractivity contribution is 7.80. The lowest BCUT2D eigenvalue weighted by molar-refractivity contribution is -0.137. The molecule has 3 rings (SSSR count). The van der Waals surface area contributed by atoms with Crippen molar-refractivity contribution in [1.82, 2.24) is 4.90 Å². The van der Waals surface area contributed by atoms with E-state index in [0.717, 1.165) is 38.6 Å². The van der Waals surface area contributed by atoms with Gasteiger partial charge >= 0.3 is 0 Å². The van der Waals surface area contributed by atoms with Crippen molar-refractivity contribution in [2.75, 3.05) is 13.1 Å². The van der Waals surface area contributed by atoms with E-state index >= 15 is 0 Å². The van der Waals surface area contributed by atoms with E-state index in [9.17, 15) is 4.79 Å². The molecule has 2 atom stereocenters. The molecule has 2 aliphatic rings. The summed E-state index contributed by atoms with van der Waals surface area (Å²) in [5.41, 5.74) is 8.51. The molecule has 112 valence electrons. The molecule has 0 radical (unpaired) electrons. The van der Waals surface area contributed by atoms with E-state index in [1.807, 2.05) is 4.90 Å². The van der Waals surface area contributed by atoms with E-state index in [4.69, 9.17) is 18.0 Å². The van der Waals surface area contributed by atoms with Crippen molar-refractivity contribution in [3.05, 3.63) is 35.4 Å². The van der Waals surface area contributed by atoms with Crippen LogP contribution in [0.15, 0.2) is 24.3 Å². The Balaban J connectivity index is 1.67. The predicted octanol–water partition coefficient (Wildman–Crippen LogP) is 2.32. The summed E-state index contributed by atoms with van der Waals surface area (Å²) in [6, 6.07) is 8.48. The molecular weight excluding hydrogens is 280 g/mol. The fourth-order valence-corrected chi connectivity index (χ4v) is 3.77. The van der Waals surface area contributed by atoms with Crippen LogP contribution in [0.2, 0.25) is 0 Å². The molecule has 4 heteroatoms. The summed E-state index contributed by atoms with van der Waals surface area (Å²) in [7, 11) is 0. The highest BCUT2D eigenvalue weighted by Crippen LogP contribution is 2.28. The first-order valence-electron chi connectivity index (χ1n) is 7.80. The molecule has 2 N–H and O–H groups in total. The number of carbonyl (C=O) groups is 1. The summed E-state index contributed by atoms with van der Waals surface area (Å²) in [6.07, 6.45) is 4.89. The number of thiocarbonyl (C=S) groups is 1. The maximum Gasteiger partial charge on any atom is 0.226 e. The fourth-order valence-electron chi connectivity index (χ4n) is 3.58. The van der Waals surface area contributed by atoms with Gasteiger partial charge in [0.15, 0.2) is 0 Å². The number of nitrogens with zero attached hydrogens (tertiary/aromatic N) is 1. The molecule has 2 unspecified atom stereocenters. The van der Waals surface area contributed by atoms with Gasteiger partial charge in [-0.25, -0.2) is 0 Å². The van der Waals surface area contributed by atoms with Gasteiger partial charge in [0, 0.05) is 24.9 Å². The van der Waals surface area contributed by atoms with Crippen LogP contribution in [-0.4, -0.2) is 28.9 Å². The minimum Gasteiger partial charge on any atom is -0.393 e. The monoisotopic (exact) mass is 302 g/mol. The number of benzene rings is 1. The number of amides is 1. The van der Waals surface area contributed by atoms with Gasteiger partial charge in [0.05, 0.1) is 4.99 Å². The Morgan fingerprint density at radius 3 is 2.71 bits per heavy atom. The Kier molecular flexibility index (Phi) is 4.24. The van der Waals surface area contributed by atoms with Gasteiger partial charge in [-0.05, 0) is 43.2 Å². The number of rotatable bonds is 2. The van der Waals surface area contributed by atoms with Gasteiger partial charge < -0.3 is 10.6 Å². The third-order valence-electron chi connectivity index (χ3n) is 4.83. The molecule has 0 saturated carbocycles. The van der Waals surface area contributed by atoms with Crippen LogP contribution >= 0.6 is 12.2 Å². The predicted molar refractivity (Wildman–Crippen MR) is 88.0 cm³/mol. The molecule has 1 aliphatic carbocycles. The van der Waals surface area contributed by atoms with Crippen LogP contribution < -0.4 is 5.73 Å². The number of likely N-dealkylation sites (tertiary alicyclic amines) is 1. The topological polar surface area (TPSA) is 46.3 Å².